The largest absolute Gasteiger partial charge is 0.497 e. The van der Waals surface area contributed by atoms with Gasteiger partial charge in [-0.2, -0.15) is 0 Å². The van der Waals surface area contributed by atoms with E-state index in [1.165, 1.54) is 30.4 Å². The lowest BCUT2D eigenvalue weighted by molar-refractivity contribution is -0.671. The highest BCUT2D eigenvalue weighted by Gasteiger charge is 2.13. The van der Waals surface area contributed by atoms with Crippen LogP contribution in [0.3, 0.4) is 0 Å². The third kappa shape index (κ3) is 7.09. The molecule has 0 fully saturated rings. The Labute approximate surface area is 157 Å². The van der Waals surface area contributed by atoms with E-state index in [0.717, 1.165) is 29.8 Å². The smallest absolute Gasteiger partial charge is 0.118 e. The first-order valence-electron chi connectivity index (χ1n) is 9.28. The molecule has 0 aromatic heterocycles. The van der Waals surface area contributed by atoms with Crippen molar-refractivity contribution in [1.29, 1.82) is 0 Å². The summed E-state index contributed by atoms with van der Waals surface area (Å²) in [5, 5.41) is 3.20. The average Bonchev–Trinajstić information content (AvgIpc) is 2.62. The van der Waals surface area contributed by atoms with E-state index < -0.39 is 0 Å². The second-order valence-corrected chi connectivity index (χ2v) is 7.57. The number of nitrogens with two attached hydrogens (primary N) is 1. The number of halogens is 1. The van der Waals surface area contributed by atoms with Gasteiger partial charge in [0, 0.05) is 17.0 Å². The van der Waals surface area contributed by atoms with E-state index in [4.69, 9.17) is 16.3 Å². The minimum atomic E-state index is 0.620. The second-order valence-electron chi connectivity index (χ2n) is 7.14. The van der Waals surface area contributed by atoms with Crippen molar-refractivity contribution in [2.45, 2.75) is 45.6 Å². The molecule has 2 nitrogen and oxygen atoms in total. The fourth-order valence-corrected chi connectivity index (χ4v) is 3.22. The van der Waals surface area contributed by atoms with Crippen molar-refractivity contribution >= 4 is 11.6 Å². The number of benzene rings is 2. The van der Waals surface area contributed by atoms with E-state index in [0.29, 0.717) is 5.92 Å². The molecule has 0 bridgehead atoms. The predicted molar refractivity (Wildman–Crippen MR) is 106 cm³/mol. The van der Waals surface area contributed by atoms with Gasteiger partial charge >= 0.3 is 0 Å². The molecule has 0 saturated heterocycles. The lowest BCUT2D eigenvalue weighted by Gasteiger charge is -2.18. The molecule has 2 rings (SSSR count). The summed E-state index contributed by atoms with van der Waals surface area (Å²) in [4.78, 5) is 0. The summed E-state index contributed by atoms with van der Waals surface area (Å²) >= 11 is 5.95. The van der Waals surface area contributed by atoms with E-state index in [2.05, 4.69) is 55.6 Å². The monoisotopic (exact) mass is 360 g/mol. The zero-order valence-corrected chi connectivity index (χ0v) is 16.4. The van der Waals surface area contributed by atoms with E-state index in [-0.39, 0.29) is 0 Å². The lowest BCUT2D eigenvalue weighted by atomic mass is 9.88. The molecule has 1 atom stereocenters. The van der Waals surface area contributed by atoms with Gasteiger partial charge in [-0.1, -0.05) is 56.1 Å². The van der Waals surface area contributed by atoms with Crippen LogP contribution in [-0.2, 0) is 6.54 Å². The van der Waals surface area contributed by atoms with E-state index in [1.54, 1.807) is 7.11 Å². The summed E-state index contributed by atoms with van der Waals surface area (Å²) in [6, 6.07) is 16.8. The van der Waals surface area contributed by atoms with Crippen LogP contribution in [0.4, 0.5) is 0 Å². The number of quaternary nitrogens is 1. The maximum atomic E-state index is 5.95. The molecule has 0 spiro atoms. The van der Waals surface area contributed by atoms with Crippen LogP contribution in [-0.4, -0.2) is 13.7 Å². The highest BCUT2D eigenvalue weighted by molar-refractivity contribution is 6.30. The van der Waals surface area contributed by atoms with Crippen LogP contribution < -0.4 is 10.1 Å². The fraction of sp³-hybridized carbons (Fsp3) is 0.455. The Morgan fingerprint density at radius 2 is 1.60 bits per heavy atom. The Morgan fingerprint density at radius 1 is 0.920 bits per heavy atom. The number of methoxy groups -OCH3 is 1. The van der Waals surface area contributed by atoms with Crippen molar-refractivity contribution in [3.05, 3.63) is 64.7 Å². The highest BCUT2D eigenvalue weighted by Crippen LogP contribution is 2.27. The predicted octanol–water partition coefficient (Wildman–Crippen LogP) is 5.02. The topological polar surface area (TPSA) is 25.8 Å². The molecule has 0 aliphatic carbocycles. The summed E-state index contributed by atoms with van der Waals surface area (Å²) in [6.07, 6.45) is 3.72. The normalized spacial score (nSPS) is 12.4. The number of ether oxygens (including phenoxy) is 1. The molecule has 25 heavy (non-hydrogen) atoms. The zero-order chi connectivity index (χ0) is 18.1. The number of hydrogen-bond donors (Lipinski definition) is 1. The van der Waals surface area contributed by atoms with Crippen molar-refractivity contribution in [3.8, 4) is 5.75 Å². The highest BCUT2D eigenvalue weighted by atomic mass is 35.5. The van der Waals surface area contributed by atoms with Gasteiger partial charge in [0.25, 0.3) is 0 Å². The summed E-state index contributed by atoms with van der Waals surface area (Å²) in [7, 11) is 1.72. The van der Waals surface area contributed by atoms with Crippen LogP contribution in [0.2, 0.25) is 5.02 Å². The van der Waals surface area contributed by atoms with Gasteiger partial charge < -0.3 is 10.1 Å². The van der Waals surface area contributed by atoms with Crippen LogP contribution >= 0.6 is 11.6 Å². The first-order valence-corrected chi connectivity index (χ1v) is 9.66. The third-order valence-corrected chi connectivity index (χ3v) is 4.94. The molecule has 3 heteroatoms. The van der Waals surface area contributed by atoms with Gasteiger partial charge in [0.2, 0.25) is 0 Å². The maximum absolute atomic E-state index is 5.95. The molecular weight excluding hydrogens is 330 g/mol. The van der Waals surface area contributed by atoms with Gasteiger partial charge in [0.15, 0.2) is 0 Å². The number of hydrogen-bond acceptors (Lipinski definition) is 1. The SMILES string of the molecule is COc1ccc([C@@H](CC[NH2+]Cc2ccc(Cl)cc2)CCC(C)C)cc1. The minimum absolute atomic E-state index is 0.620. The molecule has 0 radical (unpaired) electrons. The van der Waals surface area contributed by atoms with Crippen LogP contribution in [0.1, 0.15) is 50.2 Å². The van der Waals surface area contributed by atoms with Gasteiger partial charge in [0.05, 0.1) is 13.7 Å². The van der Waals surface area contributed by atoms with E-state index in [9.17, 15) is 0 Å². The second kappa shape index (κ2) is 10.5. The van der Waals surface area contributed by atoms with Crippen LogP contribution in [0, 0.1) is 5.92 Å². The van der Waals surface area contributed by atoms with Gasteiger partial charge in [-0.05, 0) is 48.1 Å². The van der Waals surface area contributed by atoms with Crippen LogP contribution in [0.15, 0.2) is 48.5 Å². The third-order valence-electron chi connectivity index (χ3n) is 4.69. The molecular formula is C22H31ClNO+. The summed E-state index contributed by atoms with van der Waals surface area (Å²) in [5.41, 5.74) is 2.76. The minimum Gasteiger partial charge on any atom is -0.497 e. The molecule has 2 aromatic carbocycles. The van der Waals surface area contributed by atoms with Crippen molar-refractivity contribution in [1.82, 2.24) is 0 Å². The molecule has 2 aromatic rings. The van der Waals surface area contributed by atoms with Crippen molar-refractivity contribution in [3.63, 3.8) is 0 Å². The first-order chi connectivity index (χ1) is 12.1. The Hall–Kier alpha value is -1.51. The van der Waals surface area contributed by atoms with Crippen molar-refractivity contribution < 1.29 is 10.1 Å². The lowest BCUT2D eigenvalue weighted by Crippen LogP contribution is -2.82. The first kappa shape index (κ1) is 19.8. The van der Waals surface area contributed by atoms with Gasteiger partial charge in [-0.3, -0.25) is 0 Å². The molecule has 0 heterocycles. The standard InChI is InChI=1S/C22H30ClNO/c1-17(2)4-7-20(19-8-12-22(25-3)13-9-19)14-15-24-16-18-5-10-21(23)11-6-18/h5-6,8-13,17,20,24H,4,7,14-16H2,1-3H3/p+1/t20-/m1/s1. The van der Waals surface area contributed by atoms with E-state index in [1.807, 2.05) is 12.1 Å². The number of rotatable bonds is 10. The summed E-state index contributed by atoms with van der Waals surface area (Å²) < 4.78 is 5.29. The Bertz CT molecular complexity index is 607. The average molecular weight is 361 g/mol. The van der Waals surface area contributed by atoms with Crippen LogP contribution in [0.5, 0.6) is 5.75 Å². The molecule has 136 valence electrons. The maximum Gasteiger partial charge on any atom is 0.118 e. The molecule has 0 unspecified atom stereocenters. The zero-order valence-electron chi connectivity index (χ0n) is 15.7. The van der Waals surface area contributed by atoms with Gasteiger partial charge in [0.1, 0.15) is 12.3 Å². The summed E-state index contributed by atoms with van der Waals surface area (Å²) in [5.74, 6) is 2.30. The Kier molecular flexibility index (Phi) is 8.30. The quantitative estimate of drug-likeness (QED) is 0.591. The van der Waals surface area contributed by atoms with Crippen molar-refractivity contribution in [2.24, 2.45) is 5.92 Å². The summed E-state index contributed by atoms with van der Waals surface area (Å²) in [6.45, 7) is 6.75. The molecule has 2 N–H and O–H groups in total. The molecule has 0 aliphatic heterocycles. The molecule has 0 saturated carbocycles. The Balaban J connectivity index is 1.87. The fourth-order valence-electron chi connectivity index (χ4n) is 3.10. The van der Waals surface area contributed by atoms with Gasteiger partial charge in [-0.25, -0.2) is 0 Å². The van der Waals surface area contributed by atoms with E-state index >= 15 is 0 Å². The van der Waals surface area contributed by atoms with Crippen molar-refractivity contribution in [2.75, 3.05) is 13.7 Å². The Morgan fingerprint density at radius 3 is 2.20 bits per heavy atom. The molecule has 0 amide bonds. The van der Waals surface area contributed by atoms with Crippen LogP contribution in [0.25, 0.3) is 0 Å². The van der Waals surface area contributed by atoms with Gasteiger partial charge in [-0.15, -0.1) is 0 Å². The molecule has 0 aliphatic rings.